The second-order valence-electron chi connectivity index (χ2n) is 5.54. The molecule has 0 radical (unpaired) electrons. The zero-order chi connectivity index (χ0) is 13.5. The van der Waals surface area contributed by atoms with Crippen molar-refractivity contribution in [2.45, 2.75) is 32.2 Å². The van der Waals surface area contributed by atoms with Gasteiger partial charge in [0.15, 0.2) is 0 Å². The van der Waals surface area contributed by atoms with E-state index in [0.29, 0.717) is 0 Å². The van der Waals surface area contributed by atoms with Crippen LogP contribution in [-0.4, -0.2) is 62.9 Å². The second kappa shape index (κ2) is 7.82. The normalized spacial score (nSPS) is 24.1. The third kappa shape index (κ3) is 5.09. The summed E-state index contributed by atoms with van der Waals surface area (Å²) in [5.74, 6) is 0.359. The molecule has 2 aliphatic rings. The van der Waals surface area contributed by atoms with E-state index in [-0.39, 0.29) is 17.9 Å². The van der Waals surface area contributed by atoms with Gasteiger partial charge >= 0.3 is 0 Å². The standard InChI is InChI=1S/C14H26N2O3/c1-12(2-5-16-6-10-19-11-7-16)15-14(17)13-3-8-18-9-4-13/h12-13H,2-11H2,1H3,(H,15,17). The van der Waals surface area contributed by atoms with Crippen LogP contribution in [0.3, 0.4) is 0 Å². The molecule has 0 saturated carbocycles. The highest BCUT2D eigenvalue weighted by atomic mass is 16.5. The smallest absolute Gasteiger partial charge is 0.223 e. The summed E-state index contributed by atoms with van der Waals surface area (Å²) in [6, 6.07) is 0.248. The van der Waals surface area contributed by atoms with Crippen LogP contribution in [0.25, 0.3) is 0 Å². The van der Waals surface area contributed by atoms with Crippen LogP contribution in [0.1, 0.15) is 26.2 Å². The molecular formula is C14H26N2O3. The largest absolute Gasteiger partial charge is 0.381 e. The summed E-state index contributed by atoms with van der Waals surface area (Å²) in [7, 11) is 0. The van der Waals surface area contributed by atoms with Gasteiger partial charge in [-0.3, -0.25) is 9.69 Å². The Kier molecular flexibility index (Phi) is 6.07. The van der Waals surface area contributed by atoms with E-state index in [1.165, 1.54) is 0 Å². The van der Waals surface area contributed by atoms with Crippen molar-refractivity contribution >= 4 is 5.91 Å². The summed E-state index contributed by atoms with van der Waals surface area (Å²) in [5.41, 5.74) is 0. The van der Waals surface area contributed by atoms with E-state index in [0.717, 1.165) is 65.3 Å². The van der Waals surface area contributed by atoms with Crippen LogP contribution in [0.2, 0.25) is 0 Å². The fourth-order valence-corrected chi connectivity index (χ4v) is 2.59. The van der Waals surface area contributed by atoms with E-state index in [1.807, 2.05) is 0 Å². The topological polar surface area (TPSA) is 50.8 Å². The Bertz CT molecular complexity index is 274. The van der Waals surface area contributed by atoms with Crippen molar-refractivity contribution in [1.29, 1.82) is 0 Å². The van der Waals surface area contributed by atoms with E-state index >= 15 is 0 Å². The van der Waals surface area contributed by atoms with Gasteiger partial charge in [-0.05, 0) is 26.2 Å². The number of rotatable bonds is 5. The number of amides is 1. The van der Waals surface area contributed by atoms with Gasteiger partial charge in [0.25, 0.3) is 0 Å². The number of ether oxygens (including phenoxy) is 2. The molecule has 2 fully saturated rings. The number of hydrogen-bond donors (Lipinski definition) is 1. The van der Waals surface area contributed by atoms with E-state index < -0.39 is 0 Å². The van der Waals surface area contributed by atoms with Gasteiger partial charge in [-0.25, -0.2) is 0 Å². The highest BCUT2D eigenvalue weighted by Gasteiger charge is 2.22. The Morgan fingerprint density at radius 3 is 2.53 bits per heavy atom. The Hall–Kier alpha value is -0.650. The lowest BCUT2D eigenvalue weighted by atomic mass is 9.99. The van der Waals surface area contributed by atoms with Crippen LogP contribution >= 0.6 is 0 Å². The zero-order valence-electron chi connectivity index (χ0n) is 11.9. The van der Waals surface area contributed by atoms with E-state index in [2.05, 4.69) is 17.1 Å². The zero-order valence-corrected chi connectivity index (χ0v) is 11.9. The number of nitrogens with zero attached hydrogens (tertiary/aromatic N) is 1. The minimum atomic E-state index is 0.152. The number of morpholine rings is 1. The van der Waals surface area contributed by atoms with Crippen molar-refractivity contribution in [3.63, 3.8) is 0 Å². The molecule has 1 N–H and O–H groups in total. The van der Waals surface area contributed by atoms with Crippen LogP contribution in [0.15, 0.2) is 0 Å². The van der Waals surface area contributed by atoms with Crippen molar-refractivity contribution < 1.29 is 14.3 Å². The fourth-order valence-electron chi connectivity index (χ4n) is 2.59. The van der Waals surface area contributed by atoms with Crippen LogP contribution in [0.5, 0.6) is 0 Å². The van der Waals surface area contributed by atoms with Crippen molar-refractivity contribution in [1.82, 2.24) is 10.2 Å². The first-order chi connectivity index (χ1) is 9.25. The lowest BCUT2D eigenvalue weighted by Gasteiger charge is -2.28. The Morgan fingerprint density at radius 2 is 1.84 bits per heavy atom. The van der Waals surface area contributed by atoms with Crippen LogP contribution in [0.4, 0.5) is 0 Å². The molecule has 5 nitrogen and oxygen atoms in total. The number of nitrogens with one attached hydrogen (secondary N) is 1. The maximum Gasteiger partial charge on any atom is 0.223 e. The van der Waals surface area contributed by atoms with Gasteiger partial charge in [-0.2, -0.15) is 0 Å². The lowest BCUT2D eigenvalue weighted by molar-refractivity contribution is -0.128. The average Bonchev–Trinajstić information content (AvgIpc) is 2.47. The predicted octanol–water partition coefficient (Wildman–Crippen LogP) is 0.640. The SMILES string of the molecule is CC(CCN1CCOCC1)NC(=O)C1CCOCC1. The maximum absolute atomic E-state index is 12.1. The first-order valence-corrected chi connectivity index (χ1v) is 7.44. The van der Waals surface area contributed by atoms with Crippen molar-refractivity contribution in [3.05, 3.63) is 0 Å². The molecule has 1 amide bonds. The van der Waals surface area contributed by atoms with Crippen molar-refractivity contribution in [3.8, 4) is 0 Å². The number of carbonyl (C=O) groups is 1. The van der Waals surface area contributed by atoms with Crippen molar-refractivity contribution in [2.75, 3.05) is 46.1 Å². The summed E-state index contributed by atoms with van der Waals surface area (Å²) in [6.45, 7) is 8.28. The summed E-state index contributed by atoms with van der Waals surface area (Å²) in [6.07, 6.45) is 2.74. The molecular weight excluding hydrogens is 244 g/mol. The fraction of sp³-hybridized carbons (Fsp3) is 0.929. The lowest BCUT2D eigenvalue weighted by Crippen LogP contribution is -2.42. The quantitative estimate of drug-likeness (QED) is 0.796. The summed E-state index contributed by atoms with van der Waals surface area (Å²) >= 11 is 0. The Morgan fingerprint density at radius 1 is 1.21 bits per heavy atom. The number of hydrogen-bond acceptors (Lipinski definition) is 4. The average molecular weight is 270 g/mol. The molecule has 5 heteroatoms. The van der Waals surface area contributed by atoms with E-state index in [4.69, 9.17) is 9.47 Å². The molecule has 2 aliphatic heterocycles. The molecule has 0 spiro atoms. The first-order valence-electron chi connectivity index (χ1n) is 7.44. The highest BCUT2D eigenvalue weighted by Crippen LogP contribution is 2.15. The molecule has 1 unspecified atom stereocenters. The third-order valence-corrected chi connectivity index (χ3v) is 3.96. The van der Waals surface area contributed by atoms with Gasteiger partial charge in [-0.1, -0.05) is 0 Å². The molecule has 2 rings (SSSR count). The molecule has 0 aromatic carbocycles. The number of carbonyl (C=O) groups excluding carboxylic acids is 1. The summed E-state index contributed by atoms with van der Waals surface area (Å²) in [5, 5.41) is 3.14. The monoisotopic (exact) mass is 270 g/mol. The van der Waals surface area contributed by atoms with Crippen LogP contribution in [-0.2, 0) is 14.3 Å². The van der Waals surface area contributed by atoms with Crippen LogP contribution in [0, 0.1) is 5.92 Å². The Balaban J connectivity index is 1.62. The van der Waals surface area contributed by atoms with E-state index in [9.17, 15) is 4.79 Å². The minimum Gasteiger partial charge on any atom is -0.381 e. The summed E-state index contributed by atoms with van der Waals surface area (Å²) in [4.78, 5) is 14.5. The van der Waals surface area contributed by atoms with Gasteiger partial charge in [0.05, 0.1) is 13.2 Å². The van der Waals surface area contributed by atoms with E-state index in [1.54, 1.807) is 0 Å². The first kappa shape index (κ1) is 14.8. The molecule has 0 aromatic rings. The van der Waals surface area contributed by atoms with Gasteiger partial charge in [0.2, 0.25) is 5.91 Å². The molecule has 110 valence electrons. The third-order valence-electron chi connectivity index (χ3n) is 3.96. The molecule has 19 heavy (non-hydrogen) atoms. The molecule has 2 heterocycles. The van der Waals surface area contributed by atoms with Gasteiger partial charge < -0.3 is 14.8 Å². The van der Waals surface area contributed by atoms with Crippen molar-refractivity contribution in [2.24, 2.45) is 5.92 Å². The molecule has 0 bridgehead atoms. The van der Waals surface area contributed by atoms with Gasteiger partial charge in [-0.15, -0.1) is 0 Å². The maximum atomic E-state index is 12.1. The molecule has 1 atom stereocenters. The second-order valence-corrected chi connectivity index (χ2v) is 5.54. The molecule has 2 saturated heterocycles. The van der Waals surface area contributed by atoms with Crippen LogP contribution < -0.4 is 5.32 Å². The Labute approximate surface area is 115 Å². The summed E-state index contributed by atoms with van der Waals surface area (Å²) < 4.78 is 10.6. The van der Waals surface area contributed by atoms with Gasteiger partial charge in [0, 0.05) is 44.8 Å². The predicted molar refractivity (Wildman–Crippen MR) is 73.0 cm³/mol. The molecule has 0 aliphatic carbocycles. The minimum absolute atomic E-state index is 0.152. The van der Waals surface area contributed by atoms with Gasteiger partial charge in [0.1, 0.15) is 0 Å². The molecule has 0 aromatic heterocycles. The highest BCUT2D eigenvalue weighted by molar-refractivity contribution is 5.78.